The lowest BCUT2D eigenvalue weighted by atomic mass is 9.67. The van der Waals surface area contributed by atoms with Gasteiger partial charge in [0.05, 0.1) is 13.0 Å². The number of carboxylic acid groups (broad SMARTS) is 1. The summed E-state index contributed by atoms with van der Waals surface area (Å²) >= 11 is 0. The van der Waals surface area contributed by atoms with Gasteiger partial charge in [0.2, 0.25) is 29.4 Å². The second-order valence-corrected chi connectivity index (χ2v) is 10.8. The largest absolute Gasteiger partial charge is 0.481 e. The summed E-state index contributed by atoms with van der Waals surface area (Å²) in [5.74, 6) is -14.0. The Bertz CT molecular complexity index is 1680. The van der Waals surface area contributed by atoms with Crippen LogP contribution in [0.3, 0.4) is 0 Å². The molecule has 3 aromatic carbocycles. The minimum atomic E-state index is -1.94. The molecule has 254 valence electrons. The van der Waals surface area contributed by atoms with Gasteiger partial charge in [0.15, 0.2) is 23.2 Å². The monoisotopic (exact) mass is 675 g/mol. The van der Waals surface area contributed by atoms with E-state index >= 15 is 0 Å². The third kappa shape index (κ3) is 8.25. The van der Waals surface area contributed by atoms with Crippen LogP contribution in [0.15, 0.2) is 60.7 Å². The number of nitrogens with one attached hydrogen (secondary N) is 3. The van der Waals surface area contributed by atoms with Crippen molar-refractivity contribution in [3.05, 3.63) is 83.9 Å². The number of para-hydroxylation sites is 1. The van der Waals surface area contributed by atoms with E-state index < -0.39 is 95.6 Å². The van der Waals surface area contributed by atoms with Crippen molar-refractivity contribution < 1.29 is 61.2 Å². The van der Waals surface area contributed by atoms with Gasteiger partial charge in [0.25, 0.3) is 0 Å². The van der Waals surface area contributed by atoms with Gasteiger partial charge in [0, 0.05) is 17.8 Å². The summed E-state index contributed by atoms with van der Waals surface area (Å²) in [5.41, 5.74) is -1.62. The Balaban J connectivity index is 1.41. The van der Waals surface area contributed by atoms with Crippen molar-refractivity contribution in [2.24, 2.45) is 5.41 Å². The first-order valence-electron chi connectivity index (χ1n) is 14.4. The number of anilines is 1. The summed E-state index contributed by atoms with van der Waals surface area (Å²) in [4.78, 5) is 63.8. The summed E-state index contributed by atoms with van der Waals surface area (Å²) in [6.45, 7) is -2.18. The van der Waals surface area contributed by atoms with E-state index in [1.807, 2.05) is 0 Å². The van der Waals surface area contributed by atoms with E-state index in [1.54, 1.807) is 42.5 Å². The van der Waals surface area contributed by atoms with Crippen molar-refractivity contribution in [2.75, 3.05) is 18.5 Å². The van der Waals surface area contributed by atoms with Crippen molar-refractivity contribution >= 4 is 35.2 Å². The minimum Gasteiger partial charge on any atom is -0.481 e. The van der Waals surface area contributed by atoms with Crippen LogP contribution in [0.5, 0.6) is 17.2 Å². The normalized spacial score (nSPS) is 14.4. The van der Waals surface area contributed by atoms with Crippen molar-refractivity contribution in [3.8, 4) is 17.2 Å². The lowest BCUT2D eigenvalue weighted by molar-refractivity contribution is -0.152. The highest BCUT2D eigenvalue weighted by Crippen LogP contribution is 2.42. The molecule has 3 aromatic rings. The highest BCUT2D eigenvalue weighted by molar-refractivity contribution is 6.09. The third-order valence-electron chi connectivity index (χ3n) is 7.46. The Morgan fingerprint density at radius 1 is 0.812 bits per heavy atom. The molecular formula is C32H29F4N3O9. The molecule has 0 saturated heterocycles. The molecule has 1 saturated carbocycles. The van der Waals surface area contributed by atoms with Gasteiger partial charge in [-0.25, -0.2) is 8.78 Å². The van der Waals surface area contributed by atoms with Gasteiger partial charge in [-0.2, -0.15) is 8.78 Å². The Kier molecular flexibility index (Phi) is 11.3. The molecule has 0 aliphatic heterocycles. The summed E-state index contributed by atoms with van der Waals surface area (Å²) in [7, 11) is 0. The molecule has 0 aromatic heterocycles. The highest BCUT2D eigenvalue weighted by Gasteiger charge is 2.52. The number of aliphatic hydroxyl groups excluding tert-OH is 1. The Labute approximate surface area is 270 Å². The average Bonchev–Trinajstić information content (AvgIpc) is 3.02. The number of Topliss-reactive ketones (excluding diaryl/α,β-unsaturated/α-hetero) is 1. The van der Waals surface area contributed by atoms with Crippen molar-refractivity contribution in [1.82, 2.24) is 10.6 Å². The van der Waals surface area contributed by atoms with Gasteiger partial charge in [-0.15, -0.1) is 0 Å². The number of rotatable bonds is 15. The predicted octanol–water partition coefficient (Wildman–Crippen LogP) is 3.23. The molecule has 2 unspecified atom stereocenters. The molecule has 0 radical (unpaired) electrons. The third-order valence-corrected chi connectivity index (χ3v) is 7.46. The molecule has 48 heavy (non-hydrogen) atoms. The maximum Gasteiger partial charge on any atom is 0.305 e. The summed E-state index contributed by atoms with van der Waals surface area (Å²) in [6, 6.07) is 11.5. The van der Waals surface area contributed by atoms with E-state index in [4.69, 9.17) is 4.74 Å². The van der Waals surface area contributed by atoms with E-state index in [0.29, 0.717) is 17.9 Å². The van der Waals surface area contributed by atoms with Gasteiger partial charge in [-0.05, 0) is 37.1 Å². The number of aliphatic carboxylic acids is 1. The molecular weight excluding hydrogens is 646 g/mol. The number of amides is 3. The first kappa shape index (κ1) is 35.3. The molecule has 4 rings (SSSR count). The number of ether oxygens (including phenoxy) is 2. The second kappa shape index (κ2) is 15.4. The zero-order valence-corrected chi connectivity index (χ0v) is 24.9. The summed E-state index contributed by atoms with van der Waals surface area (Å²) in [5, 5.41) is 26.1. The van der Waals surface area contributed by atoms with Crippen LogP contribution >= 0.6 is 0 Å². The standard InChI is InChI=1S/C32H29F4N3O9/c33-20-13-21(34)27(36)28(26(20)35)47-16-24(41)22(14-25(42)43)38-30(45)32(10-5-11-32)31(46)39-23(15-40)29(44)37-17-6-4-9-19(12-17)48-18-7-2-1-3-8-18/h1-4,6-9,12-13,22-23,40H,5,10-11,14-16H2,(H,37,44)(H,38,45)(H,39,46)(H,42,43). The molecule has 1 aliphatic rings. The van der Waals surface area contributed by atoms with Gasteiger partial charge >= 0.3 is 5.97 Å². The maximum absolute atomic E-state index is 13.9. The number of hydrogen-bond acceptors (Lipinski definition) is 8. The van der Waals surface area contributed by atoms with E-state index in [-0.39, 0.29) is 24.6 Å². The van der Waals surface area contributed by atoms with Crippen LogP contribution in [0.4, 0.5) is 23.2 Å². The number of benzene rings is 3. The topological polar surface area (TPSA) is 180 Å². The zero-order valence-electron chi connectivity index (χ0n) is 24.9. The van der Waals surface area contributed by atoms with Crippen LogP contribution in [0.2, 0.25) is 0 Å². The zero-order chi connectivity index (χ0) is 35.0. The first-order valence-corrected chi connectivity index (χ1v) is 14.4. The van der Waals surface area contributed by atoms with E-state index in [0.717, 1.165) is 0 Å². The summed E-state index contributed by atoms with van der Waals surface area (Å²) in [6.07, 6.45) is -0.849. The Hall–Kier alpha value is -5.51. The smallest absolute Gasteiger partial charge is 0.305 e. The van der Waals surface area contributed by atoms with Gasteiger partial charge < -0.3 is 35.6 Å². The minimum absolute atomic E-state index is 0.0766. The van der Waals surface area contributed by atoms with E-state index in [9.17, 15) is 51.7 Å². The number of carbonyl (C=O) groups excluding carboxylic acids is 4. The summed E-state index contributed by atoms with van der Waals surface area (Å²) < 4.78 is 65.2. The fourth-order valence-corrected chi connectivity index (χ4v) is 4.71. The Morgan fingerprint density at radius 3 is 1.98 bits per heavy atom. The molecule has 1 aliphatic carbocycles. The highest BCUT2D eigenvalue weighted by atomic mass is 19.2. The number of halogens is 4. The van der Waals surface area contributed by atoms with Crippen molar-refractivity contribution in [1.29, 1.82) is 0 Å². The molecule has 0 bridgehead atoms. The lowest BCUT2D eigenvalue weighted by Crippen LogP contribution is -2.61. The van der Waals surface area contributed by atoms with Gasteiger partial charge in [-0.1, -0.05) is 30.7 Å². The molecule has 0 heterocycles. The van der Waals surface area contributed by atoms with Crippen LogP contribution in [-0.2, 0) is 24.0 Å². The average molecular weight is 676 g/mol. The van der Waals surface area contributed by atoms with Gasteiger partial charge in [-0.3, -0.25) is 24.0 Å². The molecule has 1 fully saturated rings. The number of carbonyl (C=O) groups is 5. The molecule has 0 spiro atoms. The van der Waals surface area contributed by atoms with E-state index in [1.165, 1.54) is 12.1 Å². The number of aliphatic hydroxyl groups is 1. The fraction of sp³-hybridized carbons (Fsp3) is 0.281. The molecule has 5 N–H and O–H groups in total. The van der Waals surface area contributed by atoms with Crippen LogP contribution in [0, 0.1) is 28.7 Å². The van der Waals surface area contributed by atoms with Crippen LogP contribution < -0.4 is 25.4 Å². The molecule has 3 amide bonds. The van der Waals surface area contributed by atoms with Crippen LogP contribution in [0.1, 0.15) is 25.7 Å². The first-order chi connectivity index (χ1) is 22.8. The number of carboxylic acids is 1. The molecule has 12 nitrogen and oxygen atoms in total. The van der Waals surface area contributed by atoms with Crippen molar-refractivity contribution in [2.45, 2.75) is 37.8 Å². The van der Waals surface area contributed by atoms with Crippen molar-refractivity contribution in [3.63, 3.8) is 0 Å². The second-order valence-electron chi connectivity index (χ2n) is 10.8. The SMILES string of the molecule is O=C(O)CC(NC(=O)C1(C(=O)NC(CO)C(=O)Nc2cccc(Oc3ccccc3)c2)CCC1)C(=O)COc1c(F)c(F)cc(F)c1F. The lowest BCUT2D eigenvalue weighted by Gasteiger charge is -2.40. The maximum atomic E-state index is 13.9. The predicted molar refractivity (Wildman–Crippen MR) is 158 cm³/mol. The quantitative estimate of drug-likeness (QED) is 0.0919. The number of hydrogen-bond donors (Lipinski definition) is 5. The fourth-order valence-electron chi connectivity index (χ4n) is 4.71. The van der Waals surface area contributed by atoms with Gasteiger partial charge in [0.1, 0.15) is 35.6 Å². The van der Waals surface area contributed by atoms with Crippen LogP contribution in [-0.4, -0.2) is 65.0 Å². The van der Waals surface area contributed by atoms with Crippen LogP contribution in [0.25, 0.3) is 0 Å². The Morgan fingerprint density at radius 2 is 1.42 bits per heavy atom. The number of ketones is 1. The molecule has 16 heteroatoms. The van der Waals surface area contributed by atoms with E-state index in [2.05, 4.69) is 20.7 Å². The molecule has 2 atom stereocenters.